The van der Waals surface area contributed by atoms with Gasteiger partial charge in [0.15, 0.2) is 0 Å². The van der Waals surface area contributed by atoms with E-state index < -0.39 is 5.41 Å². The molecule has 0 N–H and O–H groups in total. The van der Waals surface area contributed by atoms with Gasteiger partial charge in [0, 0.05) is 33.5 Å². The quantitative estimate of drug-likeness (QED) is 0.163. The van der Waals surface area contributed by atoms with Crippen molar-refractivity contribution >= 4 is 55.2 Å². The minimum absolute atomic E-state index is 0.527. The van der Waals surface area contributed by atoms with Crippen LogP contribution in [0.5, 0.6) is 0 Å². The topological polar surface area (TPSA) is 8.17 Å². The van der Waals surface area contributed by atoms with Crippen molar-refractivity contribution in [3.05, 3.63) is 270 Å². The van der Waals surface area contributed by atoms with Gasteiger partial charge in [-0.15, -0.1) is 0 Å². The Morgan fingerprint density at radius 2 is 0.905 bits per heavy atom. The van der Waals surface area contributed by atoms with Crippen LogP contribution in [0.25, 0.3) is 66.1 Å². The monoisotopic (exact) mass is 800 g/mol. The molecule has 0 atom stereocenters. The fourth-order valence-electron chi connectivity index (χ4n) is 11.0. The summed E-state index contributed by atoms with van der Waals surface area (Å²) >= 11 is 0. The van der Waals surface area contributed by atoms with Crippen LogP contribution >= 0.6 is 0 Å². The highest BCUT2D eigenvalue weighted by Gasteiger charge is 2.46. The van der Waals surface area contributed by atoms with Gasteiger partial charge in [0.1, 0.15) is 0 Å². The van der Waals surface area contributed by atoms with Crippen molar-refractivity contribution < 1.29 is 0 Å². The first kappa shape index (κ1) is 35.5. The fraction of sp³-hybridized carbons (Fsp3) is 0.0164. The van der Waals surface area contributed by atoms with Crippen LogP contribution in [-0.4, -0.2) is 4.57 Å². The Bertz CT molecular complexity index is 3610. The third kappa shape index (κ3) is 5.13. The van der Waals surface area contributed by atoms with Gasteiger partial charge in [0.05, 0.1) is 16.4 Å². The maximum absolute atomic E-state index is 4.64. The molecule has 2 nitrogen and oxygen atoms in total. The molecule has 0 spiro atoms. The van der Waals surface area contributed by atoms with E-state index in [0.717, 1.165) is 28.3 Å². The lowest BCUT2D eigenvalue weighted by Gasteiger charge is -2.35. The molecule has 2 heteroatoms. The van der Waals surface area contributed by atoms with Gasteiger partial charge >= 0.3 is 0 Å². The molecule has 0 aliphatic heterocycles. The molecule has 0 bridgehead atoms. The summed E-state index contributed by atoms with van der Waals surface area (Å²) in [5, 5.41) is 4.89. The molecule has 294 valence electrons. The van der Waals surface area contributed by atoms with E-state index in [-0.39, 0.29) is 0 Å². The van der Waals surface area contributed by atoms with Crippen molar-refractivity contribution in [3.8, 4) is 27.9 Å². The summed E-state index contributed by atoms with van der Waals surface area (Å²) in [5.41, 5.74) is 19.8. The zero-order valence-corrected chi connectivity index (χ0v) is 34.5. The molecular formula is C61H40N2. The number of nitrogens with zero attached hydrogens (tertiary/aromatic N) is 2. The van der Waals surface area contributed by atoms with E-state index in [1.807, 2.05) is 0 Å². The second kappa shape index (κ2) is 13.7. The first-order chi connectivity index (χ1) is 31.2. The summed E-state index contributed by atoms with van der Waals surface area (Å²) in [6.07, 6.45) is 0. The highest BCUT2D eigenvalue weighted by atomic mass is 15.1. The van der Waals surface area contributed by atoms with Crippen molar-refractivity contribution in [2.24, 2.45) is 0 Å². The van der Waals surface area contributed by atoms with Gasteiger partial charge in [-0.3, -0.25) is 0 Å². The van der Waals surface area contributed by atoms with Crippen LogP contribution in [0.1, 0.15) is 33.4 Å². The third-order valence-electron chi connectivity index (χ3n) is 13.7. The number of aromatic nitrogens is 1. The first-order valence-corrected chi connectivity index (χ1v) is 21.8. The average Bonchev–Trinajstić information content (AvgIpc) is 3.95. The number of fused-ring (bicyclic) bond motifs is 10. The number of benzene rings is 10. The molecule has 0 radical (unpaired) electrons. The van der Waals surface area contributed by atoms with E-state index in [0.29, 0.717) is 0 Å². The minimum atomic E-state index is -0.527. The summed E-state index contributed by atoms with van der Waals surface area (Å²) in [6.45, 7) is 4.64. The molecule has 11 aromatic rings. The average molecular weight is 801 g/mol. The molecule has 1 heterocycles. The lowest BCUT2D eigenvalue weighted by atomic mass is 9.67. The second-order valence-corrected chi connectivity index (χ2v) is 16.9. The van der Waals surface area contributed by atoms with Gasteiger partial charge in [-0.25, -0.2) is 0 Å². The molecule has 0 fully saturated rings. The van der Waals surface area contributed by atoms with E-state index in [4.69, 9.17) is 0 Å². The van der Waals surface area contributed by atoms with Gasteiger partial charge in [-0.2, -0.15) is 0 Å². The lowest BCUT2D eigenvalue weighted by molar-refractivity contribution is 0.768. The lowest BCUT2D eigenvalue weighted by Crippen LogP contribution is -2.28. The van der Waals surface area contributed by atoms with Crippen molar-refractivity contribution in [2.75, 3.05) is 4.90 Å². The standard InChI is InChI=1S/C61H40N2/c1-40-49-22-10-11-23-50(49)51-33-30-46(37-55(40)51)62(47-32-35-60-56(38-47)54-25-13-15-27-59(54)63(60)45-29-28-41-16-8-9-17-42(41)36-45)48-31-34-53-52-24-12-14-26-57(52)61(58(53)39-48,43-18-4-2-5-19-43)44-20-6-3-7-21-44/h2-39H,1H2. The zero-order chi connectivity index (χ0) is 41.6. The molecular weight excluding hydrogens is 761 g/mol. The Hall–Kier alpha value is -8.20. The highest BCUT2D eigenvalue weighted by molar-refractivity contribution is 6.11. The second-order valence-electron chi connectivity index (χ2n) is 16.9. The van der Waals surface area contributed by atoms with Gasteiger partial charge in [0.25, 0.3) is 0 Å². The molecule has 1 aromatic heterocycles. The maximum atomic E-state index is 4.64. The van der Waals surface area contributed by atoms with Crippen LogP contribution in [0.3, 0.4) is 0 Å². The minimum Gasteiger partial charge on any atom is -0.310 e. The number of anilines is 3. The predicted molar refractivity (Wildman–Crippen MR) is 264 cm³/mol. The third-order valence-corrected chi connectivity index (χ3v) is 13.7. The van der Waals surface area contributed by atoms with Crippen molar-refractivity contribution in [1.82, 2.24) is 4.57 Å². The molecule has 13 rings (SSSR count). The van der Waals surface area contributed by atoms with E-state index in [9.17, 15) is 0 Å². The van der Waals surface area contributed by atoms with Gasteiger partial charge in [-0.1, -0.05) is 176 Å². The maximum Gasteiger partial charge on any atom is 0.0714 e. The van der Waals surface area contributed by atoms with Crippen LogP contribution in [0.4, 0.5) is 17.1 Å². The summed E-state index contributed by atoms with van der Waals surface area (Å²) in [6, 6.07) is 85.1. The Morgan fingerprint density at radius 1 is 0.349 bits per heavy atom. The van der Waals surface area contributed by atoms with Crippen LogP contribution in [0, 0.1) is 0 Å². The molecule has 10 aromatic carbocycles. The molecule has 0 saturated heterocycles. The fourth-order valence-corrected chi connectivity index (χ4v) is 11.0. The van der Waals surface area contributed by atoms with Crippen molar-refractivity contribution in [2.45, 2.75) is 5.41 Å². The summed E-state index contributed by atoms with van der Waals surface area (Å²) in [5.74, 6) is 0. The SMILES string of the molecule is C=C1c2ccccc2-c2ccc(N(c3ccc4c(c3)C(c3ccccc3)(c3ccccc3)c3ccccc3-4)c3ccc4c(c3)c3ccccc3n4-c3ccc4ccccc4c3)cc21. The molecule has 0 saturated carbocycles. The van der Waals surface area contributed by atoms with Gasteiger partial charge in [-0.05, 0) is 133 Å². The van der Waals surface area contributed by atoms with E-state index in [2.05, 4.69) is 247 Å². The Morgan fingerprint density at radius 3 is 1.70 bits per heavy atom. The largest absolute Gasteiger partial charge is 0.310 e. The number of rotatable bonds is 6. The van der Waals surface area contributed by atoms with Crippen LogP contribution in [0.2, 0.25) is 0 Å². The van der Waals surface area contributed by atoms with E-state index >= 15 is 0 Å². The molecule has 0 unspecified atom stereocenters. The van der Waals surface area contributed by atoms with Gasteiger partial charge in [0.2, 0.25) is 0 Å². The zero-order valence-electron chi connectivity index (χ0n) is 34.5. The summed E-state index contributed by atoms with van der Waals surface area (Å²) in [4.78, 5) is 2.46. The molecule has 63 heavy (non-hydrogen) atoms. The normalized spacial score (nSPS) is 13.2. The van der Waals surface area contributed by atoms with Gasteiger partial charge < -0.3 is 9.47 Å². The van der Waals surface area contributed by atoms with Crippen molar-refractivity contribution in [3.63, 3.8) is 0 Å². The van der Waals surface area contributed by atoms with E-state index in [1.165, 1.54) is 88.2 Å². The molecule has 0 amide bonds. The predicted octanol–water partition coefficient (Wildman–Crippen LogP) is 15.8. The van der Waals surface area contributed by atoms with Crippen LogP contribution in [0.15, 0.2) is 237 Å². The van der Waals surface area contributed by atoms with E-state index in [1.54, 1.807) is 0 Å². The molecule has 2 aliphatic carbocycles. The first-order valence-electron chi connectivity index (χ1n) is 21.8. The smallest absolute Gasteiger partial charge is 0.0714 e. The van der Waals surface area contributed by atoms with Crippen molar-refractivity contribution in [1.29, 1.82) is 0 Å². The number of para-hydroxylation sites is 1. The Kier molecular flexibility index (Phi) is 7.71. The highest BCUT2D eigenvalue weighted by Crippen LogP contribution is 2.57. The summed E-state index contributed by atoms with van der Waals surface area (Å²) < 4.78 is 2.42. The number of hydrogen-bond donors (Lipinski definition) is 0. The van der Waals surface area contributed by atoms with Crippen LogP contribution < -0.4 is 4.90 Å². The summed E-state index contributed by atoms with van der Waals surface area (Å²) in [7, 11) is 0. The number of hydrogen-bond acceptors (Lipinski definition) is 1. The Labute approximate surface area is 366 Å². The van der Waals surface area contributed by atoms with Crippen LogP contribution in [-0.2, 0) is 5.41 Å². The Balaban J connectivity index is 1.07. The molecule has 2 aliphatic rings.